The lowest BCUT2D eigenvalue weighted by molar-refractivity contribution is -0.123. The van der Waals surface area contributed by atoms with Gasteiger partial charge in [0.2, 0.25) is 0 Å². The van der Waals surface area contributed by atoms with Crippen LogP contribution in [0.5, 0.6) is 11.5 Å². The van der Waals surface area contributed by atoms with Gasteiger partial charge in [-0.05, 0) is 47.0 Å². The number of carbonyl (C=O) groups is 2. The van der Waals surface area contributed by atoms with Crippen molar-refractivity contribution in [3.05, 3.63) is 120 Å². The van der Waals surface area contributed by atoms with Gasteiger partial charge in [-0.3, -0.25) is 4.79 Å². The lowest BCUT2D eigenvalue weighted by Gasteiger charge is -2.11. The van der Waals surface area contributed by atoms with Crippen LogP contribution in [-0.4, -0.2) is 24.7 Å². The van der Waals surface area contributed by atoms with E-state index in [1.54, 1.807) is 42.5 Å². The molecule has 0 radical (unpaired) electrons. The molecular formula is C29H24N2O4. The van der Waals surface area contributed by atoms with Crippen LogP contribution >= 0.6 is 0 Å². The quantitative estimate of drug-likeness (QED) is 0.120. The third kappa shape index (κ3) is 6.00. The molecule has 1 amide bonds. The van der Waals surface area contributed by atoms with Crippen LogP contribution in [0.4, 0.5) is 0 Å². The summed E-state index contributed by atoms with van der Waals surface area (Å²) in [7, 11) is 0. The minimum Gasteiger partial charge on any atom is -0.483 e. The van der Waals surface area contributed by atoms with E-state index in [4.69, 9.17) is 9.47 Å². The Balaban J connectivity index is 1.49. The van der Waals surface area contributed by atoms with Crippen molar-refractivity contribution < 1.29 is 19.1 Å². The van der Waals surface area contributed by atoms with Gasteiger partial charge in [0.05, 0.1) is 11.8 Å². The smallest absolute Gasteiger partial charge is 0.343 e. The number of carbonyl (C=O) groups excluding carboxylic acids is 2. The van der Waals surface area contributed by atoms with Crippen LogP contribution in [0.1, 0.15) is 21.5 Å². The number of hydrogen-bond donors (Lipinski definition) is 1. The number of fused-ring (bicyclic) bond motifs is 1. The van der Waals surface area contributed by atoms with Crippen LogP contribution in [0.15, 0.2) is 109 Å². The van der Waals surface area contributed by atoms with Gasteiger partial charge < -0.3 is 9.47 Å². The molecule has 0 aliphatic heterocycles. The van der Waals surface area contributed by atoms with E-state index in [2.05, 4.69) is 17.1 Å². The summed E-state index contributed by atoms with van der Waals surface area (Å²) in [5.74, 6) is 0.0599. The van der Waals surface area contributed by atoms with Crippen molar-refractivity contribution >= 4 is 28.9 Å². The molecule has 35 heavy (non-hydrogen) atoms. The Morgan fingerprint density at radius 1 is 0.857 bits per heavy atom. The third-order valence-electron chi connectivity index (χ3n) is 5.22. The Morgan fingerprint density at radius 2 is 1.60 bits per heavy atom. The van der Waals surface area contributed by atoms with Crippen LogP contribution in [0.3, 0.4) is 0 Å². The van der Waals surface area contributed by atoms with E-state index >= 15 is 0 Å². The topological polar surface area (TPSA) is 77.0 Å². The molecule has 0 saturated heterocycles. The lowest BCUT2D eigenvalue weighted by atomic mass is 10.0. The number of hydrogen-bond acceptors (Lipinski definition) is 5. The molecule has 0 saturated carbocycles. The van der Waals surface area contributed by atoms with Crippen molar-refractivity contribution in [2.24, 2.45) is 5.10 Å². The first-order valence-electron chi connectivity index (χ1n) is 11.1. The minimum atomic E-state index is -0.480. The highest BCUT2D eigenvalue weighted by Crippen LogP contribution is 2.27. The molecule has 0 aliphatic carbocycles. The van der Waals surface area contributed by atoms with Crippen LogP contribution < -0.4 is 14.9 Å². The van der Waals surface area contributed by atoms with Crippen molar-refractivity contribution in [3.63, 3.8) is 0 Å². The van der Waals surface area contributed by atoms with Crippen molar-refractivity contribution in [1.82, 2.24) is 5.43 Å². The highest BCUT2D eigenvalue weighted by molar-refractivity contribution is 6.04. The predicted molar refractivity (Wildman–Crippen MR) is 137 cm³/mol. The number of amides is 1. The molecule has 4 aromatic carbocycles. The molecule has 0 fully saturated rings. The number of allylic oxidation sites excluding steroid dienone is 1. The summed E-state index contributed by atoms with van der Waals surface area (Å²) in [5.41, 5.74) is 4.43. The Kier molecular flexibility index (Phi) is 7.66. The first-order valence-corrected chi connectivity index (χ1v) is 11.1. The fraction of sp³-hybridized carbons (Fsp3) is 0.0690. The van der Waals surface area contributed by atoms with Gasteiger partial charge in [0, 0.05) is 5.56 Å². The molecule has 0 aromatic heterocycles. The standard InChI is InChI=1S/C29H24N2O4/c1-2-10-22-12-7-9-16-26(22)34-20-28(32)31-30-19-25-24-15-8-6-11-21(24)17-18-27(25)35-29(33)23-13-4-3-5-14-23/h2-9,11-19H,1,10,20H2,(H,31,32). The van der Waals surface area contributed by atoms with Crippen molar-refractivity contribution in [1.29, 1.82) is 0 Å². The van der Waals surface area contributed by atoms with Crippen LogP contribution in [-0.2, 0) is 11.2 Å². The fourth-order valence-electron chi connectivity index (χ4n) is 3.54. The molecule has 0 atom stereocenters. The summed E-state index contributed by atoms with van der Waals surface area (Å²) in [6, 6.07) is 27.5. The number of nitrogens with zero attached hydrogens (tertiary/aromatic N) is 1. The Bertz CT molecular complexity index is 1380. The molecule has 0 spiro atoms. The van der Waals surface area contributed by atoms with E-state index in [0.717, 1.165) is 16.3 Å². The highest BCUT2D eigenvalue weighted by atomic mass is 16.5. The van der Waals surface area contributed by atoms with Crippen molar-refractivity contribution in [2.75, 3.05) is 6.61 Å². The van der Waals surface area contributed by atoms with Gasteiger partial charge in [0.25, 0.3) is 5.91 Å². The molecule has 174 valence electrons. The summed E-state index contributed by atoms with van der Waals surface area (Å²) >= 11 is 0. The molecule has 4 rings (SSSR count). The zero-order valence-electron chi connectivity index (χ0n) is 19.0. The number of nitrogens with one attached hydrogen (secondary N) is 1. The second kappa shape index (κ2) is 11.4. The predicted octanol–water partition coefficient (Wildman–Crippen LogP) is 5.32. The second-order valence-corrected chi connectivity index (χ2v) is 7.64. The average molecular weight is 465 g/mol. The molecule has 0 aliphatic rings. The highest BCUT2D eigenvalue weighted by Gasteiger charge is 2.13. The van der Waals surface area contributed by atoms with Crippen LogP contribution in [0, 0.1) is 0 Å². The molecular weight excluding hydrogens is 440 g/mol. The molecule has 6 nitrogen and oxygen atoms in total. The minimum absolute atomic E-state index is 0.198. The van der Waals surface area contributed by atoms with Crippen LogP contribution in [0.2, 0.25) is 0 Å². The normalized spacial score (nSPS) is 10.7. The molecule has 0 heterocycles. The maximum Gasteiger partial charge on any atom is 0.343 e. The number of hydrazone groups is 1. The number of benzene rings is 4. The van der Waals surface area contributed by atoms with Gasteiger partial charge in [-0.1, -0.05) is 72.8 Å². The van der Waals surface area contributed by atoms with Crippen LogP contribution in [0.25, 0.3) is 10.8 Å². The average Bonchev–Trinajstić information content (AvgIpc) is 2.90. The Morgan fingerprint density at radius 3 is 2.43 bits per heavy atom. The number of esters is 1. The van der Waals surface area contributed by atoms with Gasteiger partial charge in [-0.15, -0.1) is 6.58 Å². The van der Waals surface area contributed by atoms with Gasteiger partial charge in [0.15, 0.2) is 6.61 Å². The number of ether oxygens (including phenoxy) is 2. The fourth-order valence-corrected chi connectivity index (χ4v) is 3.54. The maximum absolute atomic E-state index is 12.6. The number of rotatable bonds is 9. The first kappa shape index (κ1) is 23.4. The van der Waals surface area contributed by atoms with E-state index in [1.165, 1.54) is 6.21 Å². The van der Waals surface area contributed by atoms with E-state index < -0.39 is 11.9 Å². The van der Waals surface area contributed by atoms with Gasteiger partial charge >= 0.3 is 5.97 Å². The molecule has 0 unspecified atom stereocenters. The summed E-state index contributed by atoms with van der Waals surface area (Å²) in [5, 5.41) is 5.87. The summed E-state index contributed by atoms with van der Waals surface area (Å²) < 4.78 is 11.3. The second-order valence-electron chi connectivity index (χ2n) is 7.64. The van der Waals surface area contributed by atoms with E-state index in [-0.39, 0.29) is 6.61 Å². The first-order chi connectivity index (χ1) is 17.2. The van der Waals surface area contributed by atoms with E-state index in [0.29, 0.717) is 29.0 Å². The molecule has 6 heteroatoms. The van der Waals surface area contributed by atoms with Gasteiger partial charge in [-0.25, -0.2) is 10.2 Å². The van der Waals surface area contributed by atoms with Crippen molar-refractivity contribution in [3.8, 4) is 11.5 Å². The van der Waals surface area contributed by atoms with Gasteiger partial charge in [-0.2, -0.15) is 5.10 Å². The summed E-state index contributed by atoms with van der Waals surface area (Å²) in [6.07, 6.45) is 3.89. The zero-order valence-corrected chi connectivity index (χ0v) is 19.0. The van der Waals surface area contributed by atoms with Crippen molar-refractivity contribution in [2.45, 2.75) is 6.42 Å². The Hall–Kier alpha value is -4.71. The SMILES string of the molecule is C=CCc1ccccc1OCC(=O)NN=Cc1c(OC(=O)c2ccccc2)ccc2ccccc12. The maximum atomic E-state index is 12.6. The monoisotopic (exact) mass is 464 g/mol. The van der Waals surface area contributed by atoms with Gasteiger partial charge in [0.1, 0.15) is 11.5 Å². The third-order valence-corrected chi connectivity index (χ3v) is 5.22. The lowest BCUT2D eigenvalue weighted by Crippen LogP contribution is -2.25. The summed E-state index contributed by atoms with van der Waals surface area (Å²) in [6.45, 7) is 3.54. The Labute approximate surface area is 203 Å². The molecule has 4 aromatic rings. The number of para-hydroxylation sites is 1. The summed E-state index contributed by atoms with van der Waals surface area (Å²) in [4.78, 5) is 25.0. The largest absolute Gasteiger partial charge is 0.483 e. The molecule has 1 N–H and O–H groups in total. The zero-order chi connectivity index (χ0) is 24.5. The van der Waals surface area contributed by atoms with E-state index in [9.17, 15) is 9.59 Å². The molecule has 0 bridgehead atoms. The van der Waals surface area contributed by atoms with E-state index in [1.807, 2.05) is 54.6 Å².